The van der Waals surface area contributed by atoms with Crippen molar-refractivity contribution in [3.63, 3.8) is 0 Å². The normalized spacial score (nSPS) is 29.5. The van der Waals surface area contributed by atoms with Gasteiger partial charge in [-0.25, -0.2) is 0 Å². The van der Waals surface area contributed by atoms with Crippen LogP contribution in [0.25, 0.3) is 0 Å². The van der Waals surface area contributed by atoms with Crippen molar-refractivity contribution in [1.29, 1.82) is 0 Å². The Bertz CT molecular complexity index is 228. The maximum absolute atomic E-state index is 5.60. The Balaban J connectivity index is 1.80. The van der Waals surface area contributed by atoms with Crippen LogP contribution in [0.2, 0.25) is 0 Å². The lowest BCUT2D eigenvalue weighted by Crippen LogP contribution is -2.41. The molecule has 1 aliphatic heterocycles. The van der Waals surface area contributed by atoms with Crippen LogP contribution < -0.4 is 5.32 Å². The van der Waals surface area contributed by atoms with Gasteiger partial charge in [0.2, 0.25) is 0 Å². The molecule has 2 fully saturated rings. The van der Waals surface area contributed by atoms with Crippen LogP contribution in [0.4, 0.5) is 0 Å². The molecule has 0 amide bonds. The summed E-state index contributed by atoms with van der Waals surface area (Å²) in [4.78, 5) is 2.71. The molecule has 100 valence electrons. The van der Waals surface area contributed by atoms with E-state index in [2.05, 4.69) is 31.1 Å². The number of likely N-dealkylation sites (N-methyl/N-ethyl adjacent to an activating group) is 1. The van der Waals surface area contributed by atoms with E-state index in [-0.39, 0.29) is 0 Å². The average Bonchev–Trinajstić information content (AvgIpc) is 3.04. The van der Waals surface area contributed by atoms with Crippen molar-refractivity contribution in [3.8, 4) is 0 Å². The second-order valence-electron chi connectivity index (χ2n) is 6.10. The van der Waals surface area contributed by atoms with Crippen molar-refractivity contribution in [2.45, 2.75) is 45.2 Å². The SMILES string of the molecule is CNC1COCC1CN(CCC(C)C)C1CC1. The monoisotopic (exact) mass is 240 g/mol. The molecule has 1 heterocycles. The van der Waals surface area contributed by atoms with Gasteiger partial charge in [0.15, 0.2) is 0 Å². The van der Waals surface area contributed by atoms with Gasteiger partial charge in [-0.3, -0.25) is 4.90 Å². The van der Waals surface area contributed by atoms with Gasteiger partial charge in [-0.2, -0.15) is 0 Å². The summed E-state index contributed by atoms with van der Waals surface area (Å²) in [5, 5.41) is 3.39. The molecule has 0 radical (unpaired) electrons. The van der Waals surface area contributed by atoms with Crippen LogP contribution in [0.3, 0.4) is 0 Å². The first kappa shape index (κ1) is 13.3. The standard InChI is InChI=1S/C14H28N2O/c1-11(2)6-7-16(13-4-5-13)8-12-9-17-10-14(12)15-3/h11-15H,4-10H2,1-3H3. The highest BCUT2D eigenvalue weighted by atomic mass is 16.5. The highest BCUT2D eigenvalue weighted by Gasteiger charge is 2.34. The molecule has 2 atom stereocenters. The molecule has 3 heteroatoms. The molecule has 0 aromatic heterocycles. The number of ether oxygens (including phenoxy) is 1. The third kappa shape index (κ3) is 3.94. The quantitative estimate of drug-likeness (QED) is 0.733. The minimum atomic E-state index is 0.565. The first-order valence-corrected chi connectivity index (χ1v) is 7.19. The zero-order valence-electron chi connectivity index (χ0n) is 11.6. The van der Waals surface area contributed by atoms with Gasteiger partial charge in [-0.15, -0.1) is 0 Å². The van der Waals surface area contributed by atoms with E-state index in [0.717, 1.165) is 25.2 Å². The van der Waals surface area contributed by atoms with E-state index in [1.807, 2.05) is 0 Å². The average molecular weight is 240 g/mol. The van der Waals surface area contributed by atoms with Crippen LogP contribution in [0.15, 0.2) is 0 Å². The first-order valence-electron chi connectivity index (χ1n) is 7.19. The molecule has 2 unspecified atom stereocenters. The minimum absolute atomic E-state index is 0.565. The summed E-state index contributed by atoms with van der Waals surface area (Å²) in [6, 6.07) is 1.45. The van der Waals surface area contributed by atoms with E-state index >= 15 is 0 Å². The summed E-state index contributed by atoms with van der Waals surface area (Å²) < 4.78 is 5.60. The third-order valence-electron chi connectivity index (χ3n) is 4.10. The van der Waals surface area contributed by atoms with Crippen molar-refractivity contribution >= 4 is 0 Å². The number of nitrogens with one attached hydrogen (secondary N) is 1. The fraction of sp³-hybridized carbons (Fsp3) is 1.00. The van der Waals surface area contributed by atoms with Crippen LogP contribution in [0.5, 0.6) is 0 Å². The molecule has 1 N–H and O–H groups in total. The fourth-order valence-corrected chi connectivity index (χ4v) is 2.69. The molecule has 0 aromatic rings. The van der Waals surface area contributed by atoms with Gasteiger partial charge in [-0.05, 0) is 38.8 Å². The highest BCUT2D eigenvalue weighted by Crippen LogP contribution is 2.29. The summed E-state index contributed by atoms with van der Waals surface area (Å²) in [6.07, 6.45) is 4.15. The predicted octanol–water partition coefficient (Wildman–Crippen LogP) is 1.73. The molecule has 1 saturated heterocycles. The van der Waals surface area contributed by atoms with Crippen LogP contribution in [-0.4, -0.2) is 50.3 Å². The molecular weight excluding hydrogens is 212 g/mol. The lowest BCUT2D eigenvalue weighted by molar-refractivity contribution is 0.161. The smallest absolute Gasteiger partial charge is 0.0623 e. The molecule has 1 aliphatic carbocycles. The molecular formula is C14H28N2O. The summed E-state index contributed by atoms with van der Waals surface area (Å²) in [5.74, 6) is 1.50. The van der Waals surface area contributed by atoms with Gasteiger partial charge in [0, 0.05) is 24.5 Å². The molecule has 0 aromatic carbocycles. The minimum Gasteiger partial charge on any atom is -0.379 e. The van der Waals surface area contributed by atoms with Gasteiger partial charge >= 0.3 is 0 Å². The molecule has 2 aliphatic rings. The molecule has 0 bridgehead atoms. The van der Waals surface area contributed by atoms with Gasteiger partial charge in [0.1, 0.15) is 0 Å². The zero-order valence-corrected chi connectivity index (χ0v) is 11.6. The summed E-state index contributed by atoms with van der Waals surface area (Å²) in [5.41, 5.74) is 0. The molecule has 0 spiro atoms. The van der Waals surface area contributed by atoms with Crippen molar-refractivity contribution in [1.82, 2.24) is 10.2 Å². The van der Waals surface area contributed by atoms with Gasteiger partial charge in [0.25, 0.3) is 0 Å². The zero-order chi connectivity index (χ0) is 12.3. The van der Waals surface area contributed by atoms with Gasteiger partial charge in [0.05, 0.1) is 13.2 Å². The number of hydrogen-bond acceptors (Lipinski definition) is 3. The van der Waals surface area contributed by atoms with Crippen LogP contribution in [-0.2, 0) is 4.74 Å². The Labute approximate surface area is 106 Å². The Hall–Kier alpha value is -0.120. The Morgan fingerprint density at radius 3 is 2.65 bits per heavy atom. The van der Waals surface area contributed by atoms with Crippen LogP contribution >= 0.6 is 0 Å². The summed E-state index contributed by atoms with van der Waals surface area (Å²) in [6.45, 7) is 8.97. The fourth-order valence-electron chi connectivity index (χ4n) is 2.69. The van der Waals surface area contributed by atoms with Crippen molar-refractivity contribution in [2.75, 3.05) is 33.4 Å². The van der Waals surface area contributed by atoms with E-state index in [4.69, 9.17) is 4.74 Å². The molecule has 17 heavy (non-hydrogen) atoms. The molecule has 2 rings (SSSR count). The lowest BCUT2D eigenvalue weighted by atomic mass is 10.0. The Kier molecular flexibility index (Phi) is 4.83. The van der Waals surface area contributed by atoms with Gasteiger partial charge < -0.3 is 10.1 Å². The highest BCUT2D eigenvalue weighted by molar-refractivity contribution is 4.89. The Morgan fingerprint density at radius 1 is 1.29 bits per heavy atom. The second-order valence-corrected chi connectivity index (χ2v) is 6.10. The molecule has 1 saturated carbocycles. The number of hydrogen-bond donors (Lipinski definition) is 1. The maximum atomic E-state index is 5.60. The van der Waals surface area contributed by atoms with E-state index < -0.39 is 0 Å². The Morgan fingerprint density at radius 2 is 2.06 bits per heavy atom. The largest absolute Gasteiger partial charge is 0.379 e. The molecule has 3 nitrogen and oxygen atoms in total. The maximum Gasteiger partial charge on any atom is 0.0623 e. The van der Waals surface area contributed by atoms with Crippen molar-refractivity contribution in [2.24, 2.45) is 11.8 Å². The van der Waals surface area contributed by atoms with E-state index in [1.165, 1.54) is 32.4 Å². The van der Waals surface area contributed by atoms with E-state index in [9.17, 15) is 0 Å². The lowest BCUT2D eigenvalue weighted by Gasteiger charge is -2.28. The summed E-state index contributed by atoms with van der Waals surface area (Å²) >= 11 is 0. The van der Waals surface area contributed by atoms with E-state index in [0.29, 0.717) is 12.0 Å². The number of nitrogens with zero attached hydrogens (tertiary/aromatic N) is 1. The third-order valence-corrected chi connectivity index (χ3v) is 4.10. The van der Waals surface area contributed by atoms with Gasteiger partial charge in [-0.1, -0.05) is 13.8 Å². The van der Waals surface area contributed by atoms with Crippen molar-refractivity contribution in [3.05, 3.63) is 0 Å². The first-order chi connectivity index (χ1) is 8.20. The number of rotatable bonds is 7. The van der Waals surface area contributed by atoms with E-state index in [1.54, 1.807) is 0 Å². The second kappa shape index (κ2) is 6.17. The topological polar surface area (TPSA) is 24.5 Å². The summed E-state index contributed by atoms with van der Waals surface area (Å²) in [7, 11) is 2.06. The predicted molar refractivity (Wildman–Crippen MR) is 71.2 cm³/mol. The van der Waals surface area contributed by atoms with Crippen LogP contribution in [0.1, 0.15) is 33.1 Å². The van der Waals surface area contributed by atoms with Crippen molar-refractivity contribution < 1.29 is 4.74 Å². The van der Waals surface area contributed by atoms with Crippen LogP contribution in [0, 0.1) is 11.8 Å².